The molecule has 0 saturated heterocycles. The molecule has 1 rings (SSSR count). The topological polar surface area (TPSA) is 84.9 Å². The quantitative estimate of drug-likeness (QED) is 0.787. The van der Waals surface area contributed by atoms with E-state index in [-0.39, 0.29) is 12.7 Å². The van der Waals surface area contributed by atoms with E-state index in [1.807, 2.05) is 13.8 Å². The Morgan fingerprint density at radius 3 is 2.60 bits per heavy atom. The highest BCUT2D eigenvalue weighted by atomic mass is 16.5. The van der Waals surface area contributed by atoms with Crippen LogP contribution in [0, 0.1) is 0 Å². The van der Waals surface area contributed by atoms with Crippen molar-refractivity contribution in [3.8, 4) is 5.75 Å². The number of nitrogens with one attached hydrogen (secondary N) is 1. The van der Waals surface area contributed by atoms with Crippen LogP contribution in [-0.2, 0) is 9.53 Å². The van der Waals surface area contributed by atoms with Gasteiger partial charge in [0.2, 0.25) is 0 Å². The third-order valence-corrected chi connectivity index (χ3v) is 2.40. The second-order valence-corrected chi connectivity index (χ2v) is 4.51. The number of benzene rings is 1. The molecule has 1 unspecified atom stereocenters. The number of ether oxygens (including phenoxy) is 2. The van der Waals surface area contributed by atoms with Crippen LogP contribution >= 0.6 is 0 Å². The van der Waals surface area contributed by atoms with Gasteiger partial charge in [0.1, 0.15) is 5.75 Å². The largest absolute Gasteiger partial charge is 0.491 e. The molecule has 6 nitrogen and oxygen atoms in total. The van der Waals surface area contributed by atoms with Crippen LogP contribution in [0.3, 0.4) is 0 Å². The Morgan fingerprint density at radius 1 is 1.35 bits per heavy atom. The SMILES string of the molecule is COCC(NC(=O)c1cccc(OC(C)C)c1)C(=O)O. The summed E-state index contributed by atoms with van der Waals surface area (Å²) in [6, 6.07) is 5.50. The second-order valence-electron chi connectivity index (χ2n) is 4.51. The maximum Gasteiger partial charge on any atom is 0.328 e. The highest BCUT2D eigenvalue weighted by molar-refractivity contribution is 5.96. The molecule has 0 fully saturated rings. The molecule has 0 aliphatic heterocycles. The van der Waals surface area contributed by atoms with E-state index < -0.39 is 17.9 Å². The van der Waals surface area contributed by atoms with Gasteiger partial charge in [0.05, 0.1) is 12.7 Å². The zero-order valence-electron chi connectivity index (χ0n) is 11.8. The number of amides is 1. The van der Waals surface area contributed by atoms with Gasteiger partial charge < -0.3 is 19.9 Å². The Balaban J connectivity index is 2.78. The second kappa shape index (κ2) is 7.49. The van der Waals surface area contributed by atoms with Gasteiger partial charge in [0.15, 0.2) is 6.04 Å². The number of carbonyl (C=O) groups excluding carboxylic acids is 1. The van der Waals surface area contributed by atoms with Crippen molar-refractivity contribution in [2.75, 3.05) is 13.7 Å². The van der Waals surface area contributed by atoms with Gasteiger partial charge in [-0.3, -0.25) is 4.79 Å². The maximum absolute atomic E-state index is 12.0. The van der Waals surface area contributed by atoms with E-state index in [1.165, 1.54) is 7.11 Å². The van der Waals surface area contributed by atoms with Crippen LogP contribution in [0.4, 0.5) is 0 Å². The van der Waals surface area contributed by atoms with Gasteiger partial charge in [-0.05, 0) is 32.0 Å². The number of methoxy groups -OCH3 is 1. The van der Waals surface area contributed by atoms with Gasteiger partial charge in [-0.25, -0.2) is 4.79 Å². The number of hydrogen-bond acceptors (Lipinski definition) is 4. The smallest absolute Gasteiger partial charge is 0.328 e. The van der Waals surface area contributed by atoms with Crippen molar-refractivity contribution in [2.45, 2.75) is 26.0 Å². The van der Waals surface area contributed by atoms with Crippen molar-refractivity contribution in [2.24, 2.45) is 0 Å². The Labute approximate surface area is 117 Å². The van der Waals surface area contributed by atoms with Crippen molar-refractivity contribution >= 4 is 11.9 Å². The first-order valence-corrected chi connectivity index (χ1v) is 6.23. The minimum atomic E-state index is -1.14. The van der Waals surface area contributed by atoms with Gasteiger partial charge >= 0.3 is 5.97 Å². The zero-order chi connectivity index (χ0) is 15.1. The fraction of sp³-hybridized carbons (Fsp3) is 0.429. The standard InChI is InChI=1S/C14H19NO5/c1-9(2)20-11-6-4-5-10(7-11)13(16)15-12(8-19-3)14(17)18/h4-7,9,12H,8H2,1-3H3,(H,15,16)(H,17,18). The van der Waals surface area contributed by atoms with E-state index in [4.69, 9.17) is 14.6 Å². The predicted molar refractivity (Wildman–Crippen MR) is 73.0 cm³/mol. The summed E-state index contributed by atoms with van der Waals surface area (Å²) in [4.78, 5) is 22.9. The van der Waals surface area contributed by atoms with Crippen molar-refractivity contribution in [3.05, 3.63) is 29.8 Å². The summed E-state index contributed by atoms with van der Waals surface area (Å²) in [5.74, 6) is -1.07. The Hall–Kier alpha value is -2.08. The highest BCUT2D eigenvalue weighted by Gasteiger charge is 2.20. The lowest BCUT2D eigenvalue weighted by Crippen LogP contribution is -2.43. The first kappa shape index (κ1) is 16.0. The minimum Gasteiger partial charge on any atom is -0.491 e. The molecule has 0 spiro atoms. The fourth-order valence-corrected chi connectivity index (χ4v) is 1.57. The summed E-state index contributed by atoms with van der Waals surface area (Å²) in [5, 5.41) is 11.3. The first-order chi connectivity index (χ1) is 9.43. The monoisotopic (exact) mass is 281 g/mol. The molecule has 0 radical (unpaired) electrons. The van der Waals surface area contributed by atoms with Crippen molar-refractivity contribution < 1.29 is 24.2 Å². The van der Waals surface area contributed by atoms with Crippen molar-refractivity contribution in [1.82, 2.24) is 5.32 Å². The van der Waals surface area contributed by atoms with Crippen LogP contribution in [0.15, 0.2) is 24.3 Å². The normalized spacial score (nSPS) is 12.0. The van der Waals surface area contributed by atoms with Gasteiger partial charge in [0, 0.05) is 12.7 Å². The molecule has 0 bridgehead atoms. The molecule has 0 saturated carbocycles. The summed E-state index contributed by atoms with van der Waals surface area (Å²) in [5.41, 5.74) is 0.338. The summed E-state index contributed by atoms with van der Waals surface area (Å²) in [6.45, 7) is 3.67. The highest BCUT2D eigenvalue weighted by Crippen LogP contribution is 2.15. The number of hydrogen-bond donors (Lipinski definition) is 2. The van der Waals surface area contributed by atoms with E-state index in [0.717, 1.165) is 0 Å². The molecule has 0 aliphatic carbocycles. The molecule has 1 atom stereocenters. The molecule has 0 aromatic heterocycles. The third-order valence-electron chi connectivity index (χ3n) is 2.40. The summed E-state index contributed by atoms with van der Waals surface area (Å²) >= 11 is 0. The molecular formula is C14H19NO5. The van der Waals surface area contributed by atoms with Crippen molar-refractivity contribution in [3.63, 3.8) is 0 Å². The summed E-state index contributed by atoms with van der Waals surface area (Å²) in [7, 11) is 1.37. The number of carbonyl (C=O) groups is 2. The Bertz CT molecular complexity index is 472. The average molecular weight is 281 g/mol. The molecule has 6 heteroatoms. The number of carboxylic acids is 1. The van der Waals surface area contributed by atoms with E-state index >= 15 is 0 Å². The Kier molecular flexibility index (Phi) is 5.99. The van der Waals surface area contributed by atoms with Gasteiger partial charge in [-0.2, -0.15) is 0 Å². The molecular weight excluding hydrogens is 262 g/mol. The lowest BCUT2D eigenvalue weighted by Gasteiger charge is -2.14. The average Bonchev–Trinajstić information content (AvgIpc) is 2.37. The molecule has 110 valence electrons. The van der Waals surface area contributed by atoms with Gasteiger partial charge in [0.25, 0.3) is 5.91 Å². The third kappa shape index (κ3) is 4.89. The van der Waals surface area contributed by atoms with E-state index in [0.29, 0.717) is 11.3 Å². The fourth-order valence-electron chi connectivity index (χ4n) is 1.57. The predicted octanol–water partition coefficient (Wildman–Crippen LogP) is 1.30. The molecule has 20 heavy (non-hydrogen) atoms. The summed E-state index contributed by atoms with van der Waals surface area (Å²) < 4.78 is 10.2. The van der Waals surface area contributed by atoms with Crippen molar-refractivity contribution in [1.29, 1.82) is 0 Å². The molecule has 1 aromatic carbocycles. The van der Waals surface area contributed by atoms with Crippen LogP contribution in [0.2, 0.25) is 0 Å². The van der Waals surface area contributed by atoms with E-state index in [1.54, 1.807) is 24.3 Å². The number of rotatable bonds is 7. The van der Waals surface area contributed by atoms with Crippen LogP contribution in [0.1, 0.15) is 24.2 Å². The molecule has 0 heterocycles. The Morgan fingerprint density at radius 2 is 2.05 bits per heavy atom. The van der Waals surface area contributed by atoms with Gasteiger partial charge in [-0.15, -0.1) is 0 Å². The van der Waals surface area contributed by atoms with Crippen LogP contribution in [-0.4, -0.2) is 42.8 Å². The summed E-state index contributed by atoms with van der Waals surface area (Å²) in [6.07, 6.45) is -0.00595. The number of aliphatic carboxylic acids is 1. The van der Waals surface area contributed by atoms with Gasteiger partial charge in [-0.1, -0.05) is 6.07 Å². The van der Waals surface area contributed by atoms with E-state index in [9.17, 15) is 9.59 Å². The lowest BCUT2D eigenvalue weighted by atomic mass is 10.2. The molecule has 2 N–H and O–H groups in total. The lowest BCUT2D eigenvalue weighted by molar-refractivity contribution is -0.140. The molecule has 1 aromatic rings. The number of carboxylic acid groups (broad SMARTS) is 1. The van der Waals surface area contributed by atoms with Crippen LogP contribution in [0.25, 0.3) is 0 Å². The van der Waals surface area contributed by atoms with Crippen LogP contribution < -0.4 is 10.1 Å². The maximum atomic E-state index is 12.0. The van der Waals surface area contributed by atoms with E-state index in [2.05, 4.69) is 5.32 Å². The minimum absolute atomic E-state index is 0.00595. The molecule has 1 amide bonds. The van der Waals surface area contributed by atoms with Crippen LogP contribution in [0.5, 0.6) is 5.75 Å². The molecule has 0 aliphatic rings. The first-order valence-electron chi connectivity index (χ1n) is 6.23. The zero-order valence-corrected chi connectivity index (χ0v) is 11.8.